The molecule has 0 spiro atoms. The number of ether oxygens (including phenoxy) is 1. The molecule has 0 radical (unpaired) electrons. The summed E-state index contributed by atoms with van der Waals surface area (Å²) in [6.07, 6.45) is 1.44. The molecule has 4 heterocycles. The number of carbonyl (C=O) groups excluding carboxylic acids is 1. The second-order valence-electron chi connectivity index (χ2n) is 7.40. The Balaban J connectivity index is 1.31. The Morgan fingerprint density at radius 1 is 1.11 bits per heavy atom. The standard InChI is InChI=1S/C21H21N3O3S/c25-20(21(8-10-26-11-9-21)16-5-2-1-3-6-16)24-13-15(14-24)19-22-18(23-27-19)17-7-4-12-28-17/h1-7,12,15H,8-11,13-14H2. The summed E-state index contributed by atoms with van der Waals surface area (Å²) in [6, 6.07) is 14.1. The van der Waals surface area contributed by atoms with E-state index < -0.39 is 5.41 Å². The van der Waals surface area contributed by atoms with Crippen LogP contribution < -0.4 is 0 Å². The lowest BCUT2D eigenvalue weighted by atomic mass is 9.72. The van der Waals surface area contributed by atoms with Crippen LogP contribution in [0.15, 0.2) is 52.4 Å². The van der Waals surface area contributed by atoms with Crippen LogP contribution in [-0.2, 0) is 14.9 Å². The zero-order chi connectivity index (χ0) is 19.0. The van der Waals surface area contributed by atoms with E-state index in [2.05, 4.69) is 22.3 Å². The average molecular weight is 395 g/mol. The number of aromatic nitrogens is 2. The first-order valence-corrected chi connectivity index (χ1v) is 10.4. The van der Waals surface area contributed by atoms with Gasteiger partial charge in [-0.3, -0.25) is 4.79 Å². The van der Waals surface area contributed by atoms with Crippen LogP contribution >= 0.6 is 11.3 Å². The van der Waals surface area contributed by atoms with E-state index in [9.17, 15) is 4.79 Å². The van der Waals surface area contributed by atoms with Crippen molar-refractivity contribution in [3.05, 3.63) is 59.3 Å². The number of nitrogens with zero attached hydrogens (tertiary/aromatic N) is 3. The molecule has 2 aliphatic rings. The van der Waals surface area contributed by atoms with Gasteiger partial charge in [-0.15, -0.1) is 11.3 Å². The second kappa shape index (κ2) is 7.14. The zero-order valence-corrected chi connectivity index (χ0v) is 16.2. The van der Waals surface area contributed by atoms with Crippen LogP contribution in [0.25, 0.3) is 10.7 Å². The Kier molecular flexibility index (Phi) is 4.49. The predicted octanol–water partition coefficient (Wildman–Crippen LogP) is 3.47. The number of likely N-dealkylation sites (tertiary alicyclic amines) is 1. The molecule has 1 aromatic carbocycles. The smallest absolute Gasteiger partial charge is 0.233 e. The van der Waals surface area contributed by atoms with Gasteiger partial charge < -0.3 is 14.2 Å². The van der Waals surface area contributed by atoms with Crippen LogP contribution in [0.3, 0.4) is 0 Å². The van der Waals surface area contributed by atoms with E-state index >= 15 is 0 Å². The third-order valence-corrected chi connectivity index (χ3v) is 6.65. The van der Waals surface area contributed by atoms with Gasteiger partial charge >= 0.3 is 0 Å². The molecule has 0 N–H and O–H groups in total. The quantitative estimate of drug-likeness (QED) is 0.677. The minimum absolute atomic E-state index is 0.109. The van der Waals surface area contributed by atoms with Gasteiger partial charge in [0.2, 0.25) is 17.6 Å². The van der Waals surface area contributed by atoms with Gasteiger partial charge in [0.05, 0.1) is 16.2 Å². The van der Waals surface area contributed by atoms with Crippen LogP contribution in [0.4, 0.5) is 0 Å². The van der Waals surface area contributed by atoms with Gasteiger partial charge in [0.25, 0.3) is 0 Å². The Hall–Kier alpha value is -2.51. The van der Waals surface area contributed by atoms with Crippen molar-refractivity contribution in [1.29, 1.82) is 0 Å². The van der Waals surface area contributed by atoms with Crippen molar-refractivity contribution in [3.8, 4) is 10.7 Å². The van der Waals surface area contributed by atoms with Crippen LogP contribution in [-0.4, -0.2) is 47.3 Å². The van der Waals surface area contributed by atoms with Crippen molar-refractivity contribution in [2.75, 3.05) is 26.3 Å². The Bertz CT molecular complexity index is 942. The third kappa shape index (κ3) is 2.95. The van der Waals surface area contributed by atoms with Gasteiger partial charge in [-0.2, -0.15) is 4.98 Å². The number of hydrogen-bond acceptors (Lipinski definition) is 6. The van der Waals surface area contributed by atoms with Crippen molar-refractivity contribution >= 4 is 17.2 Å². The number of benzene rings is 1. The fraction of sp³-hybridized carbons (Fsp3) is 0.381. The van der Waals surface area contributed by atoms with Gasteiger partial charge in [-0.1, -0.05) is 41.6 Å². The third-order valence-electron chi connectivity index (χ3n) is 5.78. The topological polar surface area (TPSA) is 68.5 Å². The first-order valence-electron chi connectivity index (χ1n) is 9.56. The number of amides is 1. The molecule has 0 bridgehead atoms. The van der Waals surface area contributed by atoms with Gasteiger partial charge in [-0.05, 0) is 29.9 Å². The summed E-state index contributed by atoms with van der Waals surface area (Å²) in [5.74, 6) is 1.54. The van der Waals surface area contributed by atoms with Crippen LogP contribution in [0.1, 0.15) is 30.2 Å². The van der Waals surface area contributed by atoms with Crippen LogP contribution in [0.5, 0.6) is 0 Å². The number of thiophene rings is 1. The van der Waals surface area contributed by atoms with E-state index in [1.165, 1.54) is 0 Å². The van der Waals surface area contributed by atoms with Gasteiger partial charge in [0.1, 0.15) is 0 Å². The number of carbonyl (C=O) groups is 1. The molecule has 28 heavy (non-hydrogen) atoms. The van der Waals surface area contributed by atoms with Crippen LogP contribution in [0.2, 0.25) is 0 Å². The molecule has 2 aromatic heterocycles. The summed E-state index contributed by atoms with van der Waals surface area (Å²) in [4.78, 5) is 20.9. The van der Waals surface area contributed by atoms with Gasteiger partial charge in [0.15, 0.2) is 0 Å². The van der Waals surface area contributed by atoms with E-state index in [-0.39, 0.29) is 11.8 Å². The summed E-state index contributed by atoms with van der Waals surface area (Å²) in [7, 11) is 0. The normalized spacial score (nSPS) is 19.4. The van der Waals surface area contributed by atoms with Crippen molar-refractivity contribution in [1.82, 2.24) is 15.0 Å². The summed E-state index contributed by atoms with van der Waals surface area (Å²) in [5.41, 5.74) is 0.603. The molecular formula is C21H21N3O3S. The summed E-state index contributed by atoms with van der Waals surface area (Å²) >= 11 is 1.59. The molecule has 0 saturated carbocycles. The molecule has 1 amide bonds. The lowest BCUT2D eigenvalue weighted by molar-refractivity contribution is -0.146. The summed E-state index contributed by atoms with van der Waals surface area (Å²) < 4.78 is 11.0. The van der Waals surface area contributed by atoms with E-state index in [1.807, 2.05) is 40.6 Å². The molecule has 0 unspecified atom stereocenters. The molecule has 5 rings (SSSR count). The molecule has 3 aromatic rings. The van der Waals surface area contributed by atoms with Crippen molar-refractivity contribution in [3.63, 3.8) is 0 Å². The summed E-state index contributed by atoms with van der Waals surface area (Å²) in [5, 5.41) is 6.08. The second-order valence-corrected chi connectivity index (χ2v) is 8.35. The van der Waals surface area contributed by atoms with E-state index in [0.717, 1.165) is 23.3 Å². The highest BCUT2D eigenvalue weighted by Gasteiger charge is 2.48. The molecule has 2 saturated heterocycles. The first kappa shape index (κ1) is 17.6. The van der Waals surface area contributed by atoms with Gasteiger partial charge in [0, 0.05) is 26.3 Å². The minimum Gasteiger partial charge on any atom is -0.381 e. The Labute approximate surface area is 167 Å². The lowest BCUT2D eigenvalue weighted by Crippen LogP contribution is -2.57. The fourth-order valence-corrected chi connectivity index (χ4v) is 4.76. The molecular weight excluding hydrogens is 374 g/mol. The minimum atomic E-state index is -0.485. The highest BCUT2D eigenvalue weighted by Crippen LogP contribution is 2.40. The van der Waals surface area contributed by atoms with E-state index in [1.54, 1.807) is 11.3 Å². The Morgan fingerprint density at radius 2 is 1.89 bits per heavy atom. The largest absolute Gasteiger partial charge is 0.381 e. The fourth-order valence-electron chi connectivity index (χ4n) is 4.11. The van der Waals surface area contributed by atoms with Crippen LogP contribution in [0, 0.1) is 0 Å². The molecule has 144 valence electrons. The maximum absolute atomic E-state index is 13.5. The predicted molar refractivity (Wildman–Crippen MR) is 105 cm³/mol. The molecule has 2 fully saturated rings. The van der Waals surface area contributed by atoms with E-state index in [4.69, 9.17) is 9.26 Å². The van der Waals surface area contributed by atoms with Crippen molar-refractivity contribution in [2.24, 2.45) is 0 Å². The van der Waals surface area contributed by atoms with Crippen molar-refractivity contribution in [2.45, 2.75) is 24.2 Å². The molecule has 0 atom stereocenters. The van der Waals surface area contributed by atoms with Gasteiger partial charge in [-0.25, -0.2) is 0 Å². The number of hydrogen-bond donors (Lipinski definition) is 0. The highest BCUT2D eigenvalue weighted by atomic mass is 32.1. The maximum Gasteiger partial charge on any atom is 0.233 e. The Morgan fingerprint density at radius 3 is 2.61 bits per heavy atom. The monoisotopic (exact) mass is 395 g/mol. The first-order chi connectivity index (χ1) is 13.8. The maximum atomic E-state index is 13.5. The highest BCUT2D eigenvalue weighted by molar-refractivity contribution is 7.13. The molecule has 0 aliphatic carbocycles. The van der Waals surface area contributed by atoms with Crippen molar-refractivity contribution < 1.29 is 14.1 Å². The van der Waals surface area contributed by atoms with E-state index in [0.29, 0.717) is 38.0 Å². The zero-order valence-electron chi connectivity index (χ0n) is 15.4. The number of rotatable bonds is 4. The molecule has 7 heteroatoms. The average Bonchev–Trinajstić information content (AvgIpc) is 3.40. The lowest BCUT2D eigenvalue weighted by Gasteiger charge is -2.45. The molecule has 6 nitrogen and oxygen atoms in total. The summed E-state index contributed by atoms with van der Waals surface area (Å²) in [6.45, 7) is 2.48. The SMILES string of the molecule is O=C(N1CC(c2nc(-c3cccs3)no2)C1)C1(c2ccccc2)CCOCC1. The molecule has 2 aliphatic heterocycles.